The Labute approximate surface area is 106 Å². The molecule has 2 aromatic rings. The Morgan fingerprint density at radius 3 is 2.39 bits per heavy atom. The summed E-state index contributed by atoms with van der Waals surface area (Å²) in [6.45, 7) is 5.92. The summed E-state index contributed by atoms with van der Waals surface area (Å²) >= 11 is 0. The molecule has 4 nitrogen and oxygen atoms in total. The Morgan fingerprint density at radius 1 is 1.22 bits per heavy atom. The molecule has 0 atom stereocenters. The fourth-order valence-electron chi connectivity index (χ4n) is 2.34. The zero-order valence-electron chi connectivity index (χ0n) is 11.1. The molecule has 0 saturated carbocycles. The van der Waals surface area contributed by atoms with Gasteiger partial charge in [-0.15, -0.1) is 0 Å². The number of hydrogen-bond donors (Lipinski definition) is 1. The van der Waals surface area contributed by atoms with E-state index in [4.69, 9.17) is 5.73 Å². The van der Waals surface area contributed by atoms with E-state index in [1.54, 1.807) is 6.07 Å². The van der Waals surface area contributed by atoms with Gasteiger partial charge < -0.3 is 5.73 Å². The molecule has 1 heterocycles. The van der Waals surface area contributed by atoms with E-state index in [1.807, 2.05) is 44.6 Å². The number of rotatable bonds is 2. The van der Waals surface area contributed by atoms with Crippen molar-refractivity contribution in [2.24, 2.45) is 12.8 Å². The van der Waals surface area contributed by atoms with Gasteiger partial charge in [0.15, 0.2) is 0 Å². The van der Waals surface area contributed by atoms with Gasteiger partial charge in [-0.25, -0.2) is 0 Å². The highest BCUT2D eigenvalue weighted by Crippen LogP contribution is 2.32. The molecule has 18 heavy (non-hydrogen) atoms. The minimum absolute atomic E-state index is 0.406. The van der Waals surface area contributed by atoms with Crippen LogP contribution in [0.15, 0.2) is 18.2 Å². The lowest BCUT2D eigenvalue weighted by Gasteiger charge is -2.11. The Kier molecular flexibility index (Phi) is 2.95. The molecule has 0 radical (unpaired) electrons. The molecule has 2 rings (SSSR count). The molecule has 1 aromatic carbocycles. The molecule has 4 heteroatoms. The number of primary amides is 1. The minimum Gasteiger partial charge on any atom is -0.366 e. The molecule has 0 aliphatic rings. The average Bonchev–Trinajstić information content (AvgIpc) is 2.54. The minimum atomic E-state index is -0.406. The lowest BCUT2D eigenvalue weighted by molar-refractivity contribution is 0.100. The largest absolute Gasteiger partial charge is 0.366 e. The molecule has 0 bridgehead atoms. The molecule has 0 spiro atoms. The van der Waals surface area contributed by atoms with Crippen molar-refractivity contribution in [2.45, 2.75) is 20.8 Å². The van der Waals surface area contributed by atoms with Crippen LogP contribution >= 0.6 is 0 Å². The molecule has 94 valence electrons. The van der Waals surface area contributed by atoms with Crippen LogP contribution in [0, 0.1) is 20.8 Å². The molecular formula is C14H17N3O. The second-order valence-corrected chi connectivity index (χ2v) is 4.53. The van der Waals surface area contributed by atoms with Crippen LogP contribution in [0.1, 0.15) is 27.3 Å². The van der Waals surface area contributed by atoms with Crippen LogP contribution in [-0.4, -0.2) is 15.7 Å². The summed E-state index contributed by atoms with van der Waals surface area (Å²) < 4.78 is 1.82. The number of carbonyl (C=O) groups is 1. The zero-order chi connectivity index (χ0) is 13.4. The van der Waals surface area contributed by atoms with Gasteiger partial charge in [0.2, 0.25) is 5.91 Å². The number of carbonyl (C=O) groups excluding carboxylic acids is 1. The van der Waals surface area contributed by atoms with Crippen molar-refractivity contribution in [3.63, 3.8) is 0 Å². The van der Waals surface area contributed by atoms with E-state index in [9.17, 15) is 4.79 Å². The van der Waals surface area contributed by atoms with Gasteiger partial charge in [-0.05, 0) is 32.4 Å². The van der Waals surface area contributed by atoms with Gasteiger partial charge in [-0.1, -0.05) is 12.1 Å². The fraction of sp³-hybridized carbons (Fsp3) is 0.286. The van der Waals surface area contributed by atoms with Gasteiger partial charge in [0, 0.05) is 29.4 Å². The standard InChI is InChI=1S/C14H17N3O/c1-8-6-5-7-11(14(15)18)12(8)13-9(2)16-17(4)10(13)3/h5-7H,1-4H3,(H2,15,18). The third-order valence-electron chi connectivity index (χ3n) is 3.30. The fourth-order valence-corrected chi connectivity index (χ4v) is 2.34. The van der Waals surface area contributed by atoms with Crippen LogP contribution in [0.2, 0.25) is 0 Å². The van der Waals surface area contributed by atoms with E-state index in [1.165, 1.54) is 0 Å². The number of nitrogens with zero attached hydrogens (tertiary/aromatic N) is 2. The van der Waals surface area contributed by atoms with Crippen molar-refractivity contribution in [1.29, 1.82) is 0 Å². The Morgan fingerprint density at radius 2 is 1.89 bits per heavy atom. The first-order valence-corrected chi connectivity index (χ1v) is 5.83. The Hall–Kier alpha value is -2.10. The maximum atomic E-state index is 11.6. The molecule has 0 aliphatic carbocycles. The van der Waals surface area contributed by atoms with E-state index in [0.717, 1.165) is 28.1 Å². The number of hydrogen-bond acceptors (Lipinski definition) is 2. The first-order valence-electron chi connectivity index (χ1n) is 5.83. The summed E-state index contributed by atoms with van der Waals surface area (Å²) in [7, 11) is 1.90. The normalized spacial score (nSPS) is 10.7. The van der Waals surface area contributed by atoms with Gasteiger partial charge in [0.25, 0.3) is 0 Å². The number of nitrogens with two attached hydrogens (primary N) is 1. The van der Waals surface area contributed by atoms with Crippen molar-refractivity contribution < 1.29 is 4.79 Å². The monoisotopic (exact) mass is 243 g/mol. The van der Waals surface area contributed by atoms with E-state index < -0.39 is 5.91 Å². The first kappa shape index (κ1) is 12.4. The summed E-state index contributed by atoms with van der Waals surface area (Å²) in [4.78, 5) is 11.6. The van der Waals surface area contributed by atoms with E-state index in [-0.39, 0.29) is 0 Å². The number of amides is 1. The van der Waals surface area contributed by atoms with Gasteiger partial charge in [0.05, 0.1) is 5.69 Å². The third kappa shape index (κ3) is 1.79. The van der Waals surface area contributed by atoms with Crippen LogP contribution in [0.5, 0.6) is 0 Å². The van der Waals surface area contributed by atoms with Crippen molar-refractivity contribution in [1.82, 2.24) is 9.78 Å². The van der Waals surface area contributed by atoms with E-state index >= 15 is 0 Å². The molecular weight excluding hydrogens is 226 g/mol. The van der Waals surface area contributed by atoms with Gasteiger partial charge in [0.1, 0.15) is 0 Å². The van der Waals surface area contributed by atoms with Crippen LogP contribution in [-0.2, 0) is 7.05 Å². The number of aryl methyl sites for hydroxylation is 3. The summed E-state index contributed by atoms with van der Waals surface area (Å²) in [6.07, 6.45) is 0. The summed E-state index contributed by atoms with van der Waals surface area (Å²) in [5.74, 6) is -0.406. The number of aromatic nitrogens is 2. The smallest absolute Gasteiger partial charge is 0.249 e. The van der Waals surface area contributed by atoms with E-state index in [0.29, 0.717) is 5.56 Å². The van der Waals surface area contributed by atoms with Crippen LogP contribution in [0.25, 0.3) is 11.1 Å². The Bertz CT molecular complexity index is 626. The van der Waals surface area contributed by atoms with Crippen molar-refractivity contribution >= 4 is 5.91 Å². The molecule has 1 aromatic heterocycles. The quantitative estimate of drug-likeness (QED) is 0.878. The second-order valence-electron chi connectivity index (χ2n) is 4.53. The topological polar surface area (TPSA) is 60.9 Å². The predicted octanol–water partition coefficient (Wildman–Crippen LogP) is 2.11. The number of benzene rings is 1. The van der Waals surface area contributed by atoms with Gasteiger partial charge >= 0.3 is 0 Å². The first-order chi connectivity index (χ1) is 8.43. The van der Waals surface area contributed by atoms with Crippen molar-refractivity contribution in [3.8, 4) is 11.1 Å². The highest BCUT2D eigenvalue weighted by atomic mass is 16.1. The summed E-state index contributed by atoms with van der Waals surface area (Å²) in [5.41, 5.74) is 10.9. The molecule has 0 saturated heterocycles. The average molecular weight is 243 g/mol. The highest BCUT2D eigenvalue weighted by Gasteiger charge is 2.19. The molecule has 0 unspecified atom stereocenters. The Balaban J connectivity index is 2.82. The predicted molar refractivity (Wildman–Crippen MR) is 71.4 cm³/mol. The summed E-state index contributed by atoms with van der Waals surface area (Å²) in [6, 6.07) is 5.59. The maximum Gasteiger partial charge on any atom is 0.249 e. The van der Waals surface area contributed by atoms with Crippen LogP contribution < -0.4 is 5.73 Å². The highest BCUT2D eigenvalue weighted by molar-refractivity contribution is 6.01. The lowest BCUT2D eigenvalue weighted by atomic mass is 9.93. The third-order valence-corrected chi connectivity index (χ3v) is 3.30. The SMILES string of the molecule is Cc1cccc(C(N)=O)c1-c1c(C)nn(C)c1C. The van der Waals surface area contributed by atoms with Gasteiger partial charge in [-0.3, -0.25) is 9.48 Å². The van der Waals surface area contributed by atoms with Crippen molar-refractivity contribution in [3.05, 3.63) is 40.7 Å². The van der Waals surface area contributed by atoms with Gasteiger partial charge in [-0.2, -0.15) is 5.10 Å². The van der Waals surface area contributed by atoms with Crippen molar-refractivity contribution in [2.75, 3.05) is 0 Å². The van der Waals surface area contributed by atoms with Crippen LogP contribution in [0.3, 0.4) is 0 Å². The lowest BCUT2D eigenvalue weighted by Crippen LogP contribution is -2.13. The van der Waals surface area contributed by atoms with E-state index in [2.05, 4.69) is 5.10 Å². The molecule has 0 fully saturated rings. The van der Waals surface area contributed by atoms with Crippen LogP contribution in [0.4, 0.5) is 0 Å². The summed E-state index contributed by atoms with van der Waals surface area (Å²) in [5, 5.41) is 4.39. The molecule has 0 aliphatic heterocycles. The maximum absolute atomic E-state index is 11.6. The second kappa shape index (κ2) is 4.29. The zero-order valence-corrected chi connectivity index (χ0v) is 11.1. The molecule has 2 N–H and O–H groups in total. The molecule has 1 amide bonds.